The number of rotatable bonds is 5. The molecule has 0 radical (unpaired) electrons. The van der Waals surface area contributed by atoms with Crippen molar-refractivity contribution in [3.8, 4) is 0 Å². The smallest absolute Gasteiger partial charge is 0.282 e. The van der Waals surface area contributed by atoms with E-state index in [1.807, 2.05) is 7.05 Å². The van der Waals surface area contributed by atoms with Crippen molar-refractivity contribution < 1.29 is 13.2 Å². The van der Waals surface area contributed by atoms with Crippen LogP contribution < -0.4 is 0 Å². The van der Waals surface area contributed by atoms with E-state index in [1.165, 1.54) is 12.8 Å². The number of piperazine rings is 1. The Balaban J connectivity index is 1.59. The molecule has 7 nitrogen and oxygen atoms in total. The summed E-state index contributed by atoms with van der Waals surface area (Å²) in [6.45, 7) is 9.71. The third kappa shape index (κ3) is 4.54. The highest BCUT2D eigenvalue weighted by molar-refractivity contribution is 7.86. The summed E-state index contributed by atoms with van der Waals surface area (Å²) in [5, 5.41) is 0. The lowest BCUT2D eigenvalue weighted by Gasteiger charge is -2.47. The number of ether oxygens (including phenoxy) is 1. The summed E-state index contributed by atoms with van der Waals surface area (Å²) >= 11 is 0. The third-order valence-corrected chi connectivity index (χ3v) is 7.91. The maximum absolute atomic E-state index is 13.0. The minimum Gasteiger partial charge on any atom is -0.372 e. The average molecular weight is 375 g/mol. The number of unbranched alkanes of at least 4 members (excludes halogenated alkanes) is 1. The van der Waals surface area contributed by atoms with Crippen LogP contribution in [0, 0.1) is 0 Å². The lowest BCUT2D eigenvalue weighted by atomic mass is 9.90. The number of hydrogen-bond donors (Lipinski definition) is 0. The molecule has 0 atom stereocenters. The topological polar surface area (TPSA) is 56.3 Å². The highest BCUT2D eigenvalue weighted by Gasteiger charge is 2.44. The fourth-order valence-electron chi connectivity index (χ4n) is 4.06. The van der Waals surface area contributed by atoms with Crippen molar-refractivity contribution in [2.75, 3.05) is 72.6 Å². The van der Waals surface area contributed by atoms with E-state index < -0.39 is 10.2 Å². The van der Waals surface area contributed by atoms with Gasteiger partial charge in [-0.15, -0.1) is 0 Å². The fourth-order valence-corrected chi connectivity index (χ4v) is 5.71. The number of nitrogens with zero attached hydrogens (tertiary/aromatic N) is 4. The van der Waals surface area contributed by atoms with Crippen LogP contribution >= 0.6 is 0 Å². The first-order chi connectivity index (χ1) is 12.0. The molecule has 0 saturated carbocycles. The average Bonchev–Trinajstić information content (AvgIpc) is 2.62. The molecule has 0 aliphatic carbocycles. The Hall–Kier alpha value is -0.250. The molecule has 3 saturated heterocycles. The molecule has 3 heterocycles. The predicted octanol–water partition coefficient (Wildman–Crippen LogP) is 0.446. The van der Waals surface area contributed by atoms with Crippen molar-refractivity contribution in [1.29, 1.82) is 0 Å². The fraction of sp³-hybridized carbons (Fsp3) is 1.00. The van der Waals surface area contributed by atoms with Crippen LogP contribution in [0.4, 0.5) is 0 Å². The van der Waals surface area contributed by atoms with E-state index in [-0.39, 0.29) is 5.60 Å². The molecule has 146 valence electrons. The molecule has 3 fully saturated rings. The zero-order valence-corrected chi connectivity index (χ0v) is 16.6. The van der Waals surface area contributed by atoms with Gasteiger partial charge in [0, 0.05) is 52.4 Å². The second-order valence-electron chi connectivity index (χ2n) is 7.77. The van der Waals surface area contributed by atoms with Gasteiger partial charge < -0.3 is 14.5 Å². The van der Waals surface area contributed by atoms with Gasteiger partial charge >= 0.3 is 0 Å². The van der Waals surface area contributed by atoms with Gasteiger partial charge in [0.2, 0.25) is 0 Å². The quantitative estimate of drug-likeness (QED) is 0.699. The van der Waals surface area contributed by atoms with E-state index >= 15 is 0 Å². The van der Waals surface area contributed by atoms with Gasteiger partial charge in [0.1, 0.15) is 0 Å². The van der Waals surface area contributed by atoms with E-state index in [1.54, 1.807) is 8.61 Å². The number of hydrogen-bond acceptors (Lipinski definition) is 5. The van der Waals surface area contributed by atoms with Crippen molar-refractivity contribution in [3.63, 3.8) is 0 Å². The zero-order valence-electron chi connectivity index (χ0n) is 15.8. The number of piperidine rings is 1. The number of likely N-dealkylation sites (N-methyl/N-ethyl adjacent to an activating group) is 1. The Labute approximate surface area is 153 Å². The van der Waals surface area contributed by atoms with Crippen molar-refractivity contribution in [1.82, 2.24) is 18.4 Å². The van der Waals surface area contributed by atoms with Gasteiger partial charge in [-0.25, -0.2) is 0 Å². The highest BCUT2D eigenvalue weighted by atomic mass is 32.2. The maximum Gasteiger partial charge on any atom is 0.282 e. The Bertz CT molecular complexity index is 526. The number of morpholine rings is 1. The largest absolute Gasteiger partial charge is 0.372 e. The van der Waals surface area contributed by atoms with Crippen LogP contribution in [-0.4, -0.2) is 105 Å². The molecule has 0 amide bonds. The minimum atomic E-state index is -3.37. The normalized spacial score (nSPS) is 27.8. The maximum atomic E-state index is 13.0. The van der Waals surface area contributed by atoms with E-state index in [0.717, 1.165) is 45.6 Å². The van der Waals surface area contributed by atoms with Crippen LogP contribution in [0.1, 0.15) is 32.6 Å². The van der Waals surface area contributed by atoms with Crippen LogP contribution in [0.15, 0.2) is 0 Å². The van der Waals surface area contributed by atoms with Gasteiger partial charge in [-0.2, -0.15) is 17.0 Å². The van der Waals surface area contributed by atoms with Crippen molar-refractivity contribution in [2.24, 2.45) is 0 Å². The first-order valence-electron chi connectivity index (χ1n) is 9.75. The molecule has 0 unspecified atom stereocenters. The first kappa shape index (κ1) is 19.5. The van der Waals surface area contributed by atoms with Gasteiger partial charge in [0.05, 0.1) is 12.2 Å². The molecule has 0 bridgehead atoms. The summed E-state index contributed by atoms with van der Waals surface area (Å²) in [7, 11) is -1.32. The summed E-state index contributed by atoms with van der Waals surface area (Å²) < 4.78 is 35.6. The molecular weight excluding hydrogens is 340 g/mol. The molecule has 3 aliphatic rings. The second-order valence-corrected chi connectivity index (χ2v) is 9.70. The Kier molecular flexibility index (Phi) is 6.39. The molecule has 0 aromatic rings. The minimum absolute atomic E-state index is 0.277. The molecule has 1 spiro atoms. The highest BCUT2D eigenvalue weighted by Crippen LogP contribution is 2.32. The molecule has 25 heavy (non-hydrogen) atoms. The van der Waals surface area contributed by atoms with Gasteiger partial charge in [-0.3, -0.25) is 0 Å². The summed E-state index contributed by atoms with van der Waals surface area (Å²) in [4.78, 5) is 4.67. The van der Waals surface area contributed by atoms with E-state index in [0.29, 0.717) is 32.8 Å². The predicted molar refractivity (Wildman–Crippen MR) is 98.8 cm³/mol. The van der Waals surface area contributed by atoms with E-state index in [9.17, 15) is 8.42 Å². The Morgan fingerprint density at radius 1 is 0.960 bits per heavy atom. The van der Waals surface area contributed by atoms with Gasteiger partial charge in [-0.1, -0.05) is 13.3 Å². The van der Waals surface area contributed by atoms with Crippen LogP contribution in [0.25, 0.3) is 0 Å². The van der Waals surface area contributed by atoms with E-state index in [2.05, 4.69) is 16.7 Å². The SMILES string of the molecule is CCCCN1CCC2(CC1)CN(S(=O)(=O)N1CCN(C)CC1)CCO2. The van der Waals surface area contributed by atoms with Crippen LogP contribution in [0.5, 0.6) is 0 Å². The van der Waals surface area contributed by atoms with E-state index in [4.69, 9.17) is 4.74 Å². The molecule has 0 aromatic heterocycles. The van der Waals surface area contributed by atoms with Gasteiger partial charge in [0.15, 0.2) is 0 Å². The summed E-state index contributed by atoms with van der Waals surface area (Å²) in [5.41, 5.74) is -0.277. The Morgan fingerprint density at radius 3 is 2.28 bits per heavy atom. The Morgan fingerprint density at radius 2 is 1.64 bits per heavy atom. The molecule has 0 N–H and O–H groups in total. The van der Waals surface area contributed by atoms with Gasteiger partial charge in [-0.05, 0) is 32.9 Å². The summed E-state index contributed by atoms with van der Waals surface area (Å²) in [5.74, 6) is 0. The lowest BCUT2D eigenvalue weighted by molar-refractivity contribution is -0.120. The van der Waals surface area contributed by atoms with Crippen LogP contribution in [0.2, 0.25) is 0 Å². The van der Waals surface area contributed by atoms with Crippen LogP contribution in [0.3, 0.4) is 0 Å². The molecule has 0 aromatic carbocycles. The number of likely N-dealkylation sites (tertiary alicyclic amines) is 1. The van der Waals surface area contributed by atoms with Gasteiger partial charge in [0.25, 0.3) is 10.2 Å². The van der Waals surface area contributed by atoms with Crippen molar-refractivity contribution in [3.05, 3.63) is 0 Å². The third-order valence-electron chi connectivity index (χ3n) is 5.92. The van der Waals surface area contributed by atoms with Crippen molar-refractivity contribution >= 4 is 10.2 Å². The first-order valence-corrected chi connectivity index (χ1v) is 11.1. The van der Waals surface area contributed by atoms with Crippen LogP contribution in [-0.2, 0) is 14.9 Å². The zero-order chi connectivity index (χ0) is 17.9. The summed E-state index contributed by atoms with van der Waals surface area (Å²) in [6, 6.07) is 0. The molecule has 3 rings (SSSR count). The molecule has 8 heteroatoms. The molecule has 3 aliphatic heterocycles. The monoisotopic (exact) mass is 374 g/mol. The lowest BCUT2D eigenvalue weighted by Crippen LogP contribution is -2.61. The molecular formula is C17H34N4O3S. The summed E-state index contributed by atoms with van der Waals surface area (Å²) in [6.07, 6.45) is 4.32. The standard InChI is InChI=1S/C17H34N4O3S/c1-3-4-7-19-8-5-17(6-9-19)16-21(14-15-24-17)25(22,23)20-12-10-18(2)11-13-20/h3-16H2,1-2H3. The van der Waals surface area contributed by atoms with Crippen molar-refractivity contribution in [2.45, 2.75) is 38.2 Å². The second kappa shape index (κ2) is 8.19.